The van der Waals surface area contributed by atoms with Crippen LogP contribution in [-0.2, 0) is 16.2 Å². The van der Waals surface area contributed by atoms with Gasteiger partial charge in [0.25, 0.3) is 10.0 Å². The molecule has 0 unspecified atom stereocenters. The predicted octanol–water partition coefficient (Wildman–Crippen LogP) is 3.50. The Bertz CT molecular complexity index is 790. The first kappa shape index (κ1) is 17.1. The smallest absolute Gasteiger partial charge is 0.398 e. The minimum absolute atomic E-state index is 0.118. The quantitative estimate of drug-likeness (QED) is 0.864. The van der Waals surface area contributed by atoms with Gasteiger partial charge in [0, 0.05) is 6.54 Å². The summed E-state index contributed by atoms with van der Waals surface area (Å²) < 4.78 is 64.5. The normalized spacial score (nSPS) is 12.2. The predicted molar refractivity (Wildman–Crippen MR) is 82.5 cm³/mol. The second-order valence-corrected chi connectivity index (χ2v) is 6.59. The van der Waals surface area contributed by atoms with Crippen molar-refractivity contribution in [2.75, 3.05) is 16.6 Å². The summed E-state index contributed by atoms with van der Waals surface area (Å²) in [4.78, 5) is -0.351. The van der Waals surface area contributed by atoms with Crippen molar-refractivity contribution in [2.24, 2.45) is 0 Å². The average molecular weight is 344 g/mol. The molecule has 0 aliphatic heterocycles. The zero-order chi connectivity index (χ0) is 17.3. The molecule has 0 spiro atoms. The molecule has 0 saturated carbocycles. The molecule has 4 nitrogen and oxygen atoms in total. The van der Waals surface area contributed by atoms with Gasteiger partial charge in [0.05, 0.1) is 16.9 Å². The molecule has 0 heterocycles. The van der Waals surface area contributed by atoms with Crippen LogP contribution >= 0.6 is 0 Å². The number of hydrogen-bond donors (Lipinski definition) is 1. The Hall–Kier alpha value is -2.22. The van der Waals surface area contributed by atoms with E-state index in [-0.39, 0.29) is 11.4 Å². The maximum absolute atomic E-state index is 12.7. The van der Waals surface area contributed by atoms with Gasteiger partial charge < -0.3 is 5.73 Å². The molecule has 2 aromatic carbocycles. The molecule has 23 heavy (non-hydrogen) atoms. The fourth-order valence-electron chi connectivity index (χ4n) is 2.16. The number of hydrogen-bond acceptors (Lipinski definition) is 3. The highest BCUT2D eigenvalue weighted by molar-refractivity contribution is 7.93. The van der Waals surface area contributed by atoms with E-state index in [9.17, 15) is 21.6 Å². The lowest BCUT2D eigenvalue weighted by atomic mass is 10.2. The van der Waals surface area contributed by atoms with Crippen LogP contribution in [0.2, 0.25) is 0 Å². The number of nitrogens with two attached hydrogens (primary N) is 1. The van der Waals surface area contributed by atoms with Crippen molar-refractivity contribution in [3.05, 3.63) is 54.1 Å². The van der Waals surface area contributed by atoms with Gasteiger partial charge in [-0.2, -0.15) is 13.2 Å². The van der Waals surface area contributed by atoms with Crippen molar-refractivity contribution in [3.63, 3.8) is 0 Å². The summed E-state index contributed by atoms with van der Waals surface area (Å²) in [5.41, 5.74) is 4.56. The summed E-state index contributed by atoms with van der Waals surface area (Å²) in [5.74, 6) is 0. The van der Waals surface area contributed by atoms with Gasteiger partial charge >= 0.3 is 6.18 Å². The van der Waals surface area contributed by atoms with Gasteiger partial charge in [0.15, 0.2) is 0 Å². The van der Waals surface area contributed by atoms with Crippen LogP contribution in [0.5, 0.6) is 0 Å². The zero-order valence-corrected chi connectivity index (χ0v) is 13.0. The molecule has 124 valence electrons. The van der Waals surface area contributed by atoms with Gasteiger partial charge in [0.2, 0.25) is 0 Å². The first-order valence-electron chi connectivity index (χ1n) is 6.72. The third kappa shape index (κ3) is 3.42. The molecule has 0 bridgehead atoms. The van der Waals surface area contributed by atoms with E-state index >= 15 is 0 Å². The number of nitrogen functional groups attached to an aromatic ring is 1. The summed E-state index contributed by atoms with van der Waals surface area (Å²) in [5, 5.41) is 0. The van der Waals surface area contributed by atoms with Crippen LogP contribution in [0.3, 0.4) is 0 Å². The average Bonchev–Trinajstić information content (AvgIpc) is 2.47. The van der Waals surface area contributed by atoms with E-state index in [4.69, 9.17) is 5.73 Å². The van der Waals surface area contributed by atoms with E-state index in [0.29, 0.717) is 17.8 Å². The summed E-state index contributed by atoms with van der Waals surface area (Å²) in [7, 11) is -4.06. The van der Waals surface area contributed by atoms with Crippen LogP contribution in [0.4, 0.5) is 24.5 Å². The van der Waals surface area contributed by atoms with E-state index in [2.05, 4.69) is 0 Å². The van der Waals surface area contributed by atoms with Gasteiger partial charge in [-0.15, -0.1) is 0 Å². The van der Waals surface area contributed by atoms with Crippen molar-refractivity contribution in [2.45, 2.75) is 18.0 Å². The highest BCUT2D eigenvalue weighted by Gasteiger charge is 2.33. The minimum atomic E-state index is -4.58. The second-order valence-electron chi connectivity index (χ2n) is 4.76. The van der Waals surface area contributed by atoms with Gasteiger partial charge in [0.1, 0.15) is 4.90 Å². The Balaban J connectivity index is 2.51. The largest absolute Gasteiger partial charge is 0.416 e. The van der Waals surface area contributed by atoms with E-state index in [0.717, 1.165) is 10.4 Å². The molecule has 2 rings (SSSR count). The highest BCUT2D eigenvalue weighted by Crippen LogP contribution is 2.34. The summed E-state index contributed by atoms with van der Waals surface area (Å²) in [6.45, 7) is 1.75. The maximum atomic E-state index is 12.7. The van der Waals surface area contributed by atoms with E-state index in [1.165, 1.54) is 0 Å². The molecule has 0 saturated heterocycles. The van der Waals surface area contributed by atoms with Gasteiger partial charge in [-0.1, -0.05) is 18.2 Å². The maximum Gasteiger partial charge on any atom is 0.416 e. The van der Waals surface area contributed by atoms with Crippen LogP contribution in [0.25, 0.3) is 0 Å². The lowest BCUT2D eigenvalue weighted by Crippen LogP contribution is -2.31. The number of rotatable bonds is 4. The molecule has 0 atom stereocenters. The lowest BCUT2D eigenvalue weighted by molar-refractivity contribution is -0.137. The highest BCUT2D eigenvalue weighted by atomic mass is 32.2. The molecule has 8 heteroatoms. The van der Waals surface area contributed by atoms with Crippen molar-refractivity contribution in [1.29, 1.82) is 0 Å². The summed E-state index contributed by atoms with van der Waals surface area (Å²) in [6.07, 6.45) is -4.58. The van der Waals surface area contributed by atoms with Crippen LogP contribution in [-0.4, -0.2) is 15.0 Å². The molecule has 2 N–H and O–H groups in total. The zero-order valence-electron chi connectivity index (χ0n) is 12.2. The Labute approximate surface area is 132 Å². The van der Waals surface area contributed by atoms with Crippen molar-refractivity contribution >= 4 is 21.4 Å². The number of halogens is 3. The van der Waals surface area contributed by atoms with Crippen LogP contribution in [0, 0.1) is 0 Å². The van der Waals surface area contributed by atoms with Crippen molar-refractivity contribution in [1.82, 2.24) is 0 Å². The van der Waals surface area contributed by atoms with Crippen LogP contribution < -0.4 is 10.0 Å². The Morgan fingerprint density at radius 3 is 2.17 bits per heavy atom. The molecule has 0 amide bonds. The molecule has 0 fully saturated rings. The molecule has 0 radical (unpaired) electrons. The number of benzene rings is 2. The fraction of sp³-hybridized carbons (Fsp3) is 0.200. The molecule has 0 aromatic heterocycles. The minimum Gasteiger partial charge on any atom is -0.398 e. The molecular weight excluding hydrogens is 329 g/mol. The number of alkyl halides is 3. The van der Waals surface area contributed by atoms with Crippen molar-refractivity contribution < 1.29 is 21.6 Å². The van der Waals surface area contributed by atoms with E-state index in [1.807, 2.05) is 0 Å². The monoisotopic (exact) mass is 344 g/mol. The van der Waals surface area contributed by atoms with Gasteiger partial charge in [-0.25, -0.2) is 8.42 Å². The van der Waals surface area contributed by atoms with Crippen molar-refractivity contribution in [3.8, 4) is 0 Å². The van der Waals surface area contributed by atoms with E-state index < -0.39 is 27.5 Å². The standard InChI is InChI=1S/C15H15F3N2O2S/c1-2-20(12-6-4-3-5-7-12)23(21,22)14-9-8-11(10-13(14)19)15(16,17)18/h3-10H,2,19H2,1H3. The van der Waals surface area contributed by atoms with Crippen LogP contribution in [0.1, 0.15) is 12.5 Å². The number of sulfonamides is 1. The topological polar surface area (TPSA) is 63.4 Å². The lowest BCUT2D eigenvalue weighted by Gasteiger charge is -2.24. The third-order valence-electron chi connectivity index (χ3n) is 3.24. The number of para-hydroxylation sites is 1. The molecule has 0 aliphatic carbocycles. The first-order valence-corrected chi connectivity index (χ1v) is 8.16. The third-order valence-corrected chi connectivity index (χ3v) is 5.21. The second kappa shape index (κ2) is 6.11. The Morgan fingerprint density at radius 1 is 1.09 bits per heavy atom. The van der Waals surface area contributed by atoms with Gasteiger partial charge in [-0.05, 0) is 37.3 Å². The Kier molecular flexibility index (Phi) is 4.56. The number of anilines is 2. The summed E-state index contributed by atoms with van der Waals surface area (Å²) in [6, 6.07) is 10.5. The summed E-state index contributed by atoms with van der Waals surface area (Å²) >= 11 is 0. The molecular formula is C15H15F3N2O2S. The fourth-order valence-corrected chi connectivity index (χ4v) is 3.74. The molecule has 0 aliphatic rings. The molecule has 2 aromatic rings. The number of nitrogens with zero attached hydrogens (tertiary/aromatic N) is 1. The van der Waals surface area contributed by atoms with Gasteiger partial charge in [-0.3, -0.25) is 4.31 Å². The van der Waals surface area contributed by atoms with Crippen LogP contribution in [0.15, 0.2) is 53.4 Å². The van der Waals surface area contributed by atoms with E-state index in [1.54, 1.807) is 37.3 Å². The first-order chi connectivity index (χ1) is 10.7. The SMILES string of the molecule is CCN(c1ccccc1)S(=O)(=O)c1ccc(C(F)(F)F)cc1N. The Morgan fingerprint density at radius 2 is 1.70 bits per heavy atom.